The zero-order valence-corrected chi connectivity index (χ0v) is 9.32. The zero-order valence-electron chi connectivity index (χ0n) is 9.32. The molecule has 0 spiro atoms. The summed E-state index contributed by atoms with van der Waals surface area (Å²) >= 11 is 0. The Balaban J connectivity index is 2.09. The predicted octanol–water partition coefficient (Wildman–Crippen LogP) is 2.17. The summed E-state index contributed by atoms with van der Waals surface area (Å²) in [5, 5.41) is 2.95. The first-order valence-electron chi connectivity index (χ1n) is 5.58. The fraction of sp³-hybridized carbons (Fsp3) is 0.385. The number of ketones is 1. The normalized spacial score (nSPS) is 15.3. The molecule has 1 N–H and O–H groups in total. The van der Waals surface area contributed by atoms with E-state index in [2.05, 4.69) is 5.32 Å². The van der Waals surface area contributed by atoms with Crippen LogP contribution in [0.5, 0.6) is 0 Å². The summed E-state index contributed by atoms with van der Waals surface area (Å²) in [5.74, 6) is -0.0916. The van der Waals surface area contributed by atoms with Gasteiger partial charge in [-0.05, 0) is 38.3 Å². The standard InChI is InChI=1S/C13H15NO2/c1-9(15)10-4-2-5-11(8-10)13(16)14-12-6-3-7-12/h2,4-5,8,12H,3,6-7H2,1H3,(H,14,16). The lowest BCUT2D eigenvalue weighted by molar-refractivity contribution is 0.0917. The van der Waals surface area contributed by atoms with Crippen LogP contribution in [0.25, 0.3) is 0 Å². The molecule has 0 atom stereocenters. The van der Waals surface area contributed by atoms with Gasteiger partial charge in [-0.25, -0.2) is 0 Å². The first-order valence-corrected chi connectivity index (χ1v) is 5.58. The third-order valence-electron chi connectivity index (χ3n) is 2.97. The van der Waals surface area contributed by atoms with Gasteiger partial charge in [-0.15, -0.1) is 0 Å². The number of rotatable bonds is 3. The van der Waals surface area contributed by atoms with Crippen molar-refractivity contribution in [1.82, 2.24) is 5.32 Å². The minimum atomic E-state index is -0.0761. The van der Waals surface area contributed by atoms with Crippen molar-refractivity contribution >= 4 is 11.7 Å². The highest BCUT2D eigenvalue weighted by Gasteiger charge is 2.20. The SMILES string of the molecule is CC(=O)c1cccc(C(=O)NC2CCC2)c1. The van der Waals surface area contributed by atoms with Crippen molar-refractivity contribution in [3.8, 4) is 0 Å². The minimum Gasteiger partial charge on any atom is -0.349 e. The first kappa shape index (κ1) is 10.9. The smallest absolute Gasteiger partial charge is 0.251 e. The number of nitrogens with one attached hydrogen (secondary N) is 1. The lowest BCUT2D eigenvalue weighted by atomic mass is 9.93. The lowest BCUT2D eigenvalue weighted by Crippen LogP contribution is -2.39. The van der Waals surface area contributed by atoms with Gasteiger partial charge in [-0.2, -0.15) is 0 Å². The van der Waals surface area contributed by atoms with Crippen LogP contribution in [0.2, 0.25) is 0 Å². The lowest BCUT2D eigenvalue weighted by Gasteiger charge is -2.26. The van der Waals surface area contributed by atoms with Gasteiger partial charge in [0.05, 0.1) is 0 Å². The average molecular weight is 217 g/mol. The maximum atomic E-state index is 11.8. The van der Waals surface area contributed by atoms with Crippen molar-refractivity contribution in [3.63, 3.8) is 0 Å². The van der Waals surface area contributed by atoms with Crippen LogP contribution >= 0.6 is 0 Å². The third kappa shape index (κ3) is 2.30. The molecule has 0 saturated heterocycles. The largest absolute Gasteiger partial charge is 0.349 e. The zero-order chi connectivity index (χ0) is 11.5. The van der Waals surface area contributed by atoms with Gasteiger partial charge < -0.3 is 5.32 Å². The fourth-order valence-corrected chi connectivity index (χ4v) is 1.70. The Kier molecular flexibility index (Phi) is 3.04. The highest BCUT2D eigenvalue weighted by atomic mass is 16.1. The molecule has 0 unspecified atom stereocenters. The molecule has 1 amide bonds. The van der Waals surface area contributed by atoms with Crippen LogP contribution in [0, 0.1) is 0 Å². The maximum absolute atomic E-state index is 11.8. The summed E-state index contributed by atoms with van der Waals surface area (Å²) in [4.78, 5) is 23.0. The molecule has 3 nitrogen and oxygen atoms in total. The van der Waals surface area contributed by atoms with Gasteiger partial charge >= 0.3 is 0 Å². The Morgan fingerprint density at radius 1 is 1.25 bits per heavy atom. The van der Waals surface area contributed by atoms with Crippen LogP contribution in [0.1, 0.15) is 46.9 Å². The second-order valence-electron chi connectivity index (χ2n) is 4.24. The van der Waals surface area contributed by atoms with Gasteiger partial charge in [0.2, 0.25) is 0 Å². The summed E-state index contributed by atoms with van der Waals surface area (Å²) in [6.07, 6.45) is 3.33. The van der Waals surface area contributed by atoms with Crippen molar-refractivity contribution in [2.75, 3.05) is 0 Å². The average Bonchev–Trinajstić information content (AvgIpc) is 2.23. The number of hydrogen-bond acceptors (Lipinski definition) is 2. The predicted molar refractivity (Wildman–Crippen MR) is 61.6 cm³/mol. The van der Waals surface area contributed by atoms with E-state index in [0.29, 0.717) is 17.2 Å². The van der Waals surface area contributed by atoms with Crippen molar-refractivity contribution in [2.45, 2.75) is 32.2 Å². The Morgan fingerprint density at radius 2 is 1.94 bits per heavy atom. The van der Waals surface area contributed by atoms with Crippen LogP contribution in [0.15, 0.2) is 24.3 Å². The van der Waals surface area contributed by atoms with Crippen molar-refractivity contribution < 1.29 is 9.59 Å². The number of amides is 1. The molecule has 1 fully saturated rings. The highest BCUT2D eigenvalue weighted by Crippen LogP contribution is 2.18. The van der Waals surface area contributed by atoms with E-state index in [1.165, 1.54) is 13.3 Å². The Labute approximate surface area is 94.9 Å². The Morgan fingerprint density at radius 3 is 2.50 bits per heavy atom. The van der Waals surface area contributed by atoms with Crippen molar-refractivity contribution in [2.24, 2.45) is 0 Å². The van der Waals surface area contributed by atoms with Gasteiger partial charge in [0.15, 0.2) is 5.78 Å². The van der Waals surface area contributed by atoms with E-state index in [1.807, 2.05) is 0 Å². The van der Waals surface area contributed by atoms with E-state index in [9.17, 15) is 9.59 Å². The van der Waals surface area contributed by atoms with E-state index in [0.717, 1.165) is 12.8 Å². The number of benzene rings is 1. The second-order valence-corrected chi connectivity index (χ2v) is 4.24. The summed E-state index contributed by atoms with van der Waals surface area (Å²) in [6.45, 7) is 1.50. The molecule has 0 radical (unpaired) electrons. The molecule has 1 aliphatic carbocycles. The van der Waals surface area contributed by atoms with Gasteiger partial charge in [0.1, 0.15) is 0 Å². The van der Waals surface area contributed by atoms with Crippen molar-refractivity contribution in [3.05, 3.63) is 35.4 Å². The molecule has 1 saturated carbocycles. The quantitative estimate of drug-likeness (QED) is 0.789. The molecular formula is C13H15NO2. The van der Waals surface area contributed by atoms with Gasteiger partial charge in [0.25, 0.3) is 5.91 Å². The number of Topliss-reactive ketones (excluding diaryl/α,β-unsaturated/α-hetero) is 1. The van der Waals surface area contributed by atoms with Crippen LogP contribution in [-0.4, -0.2) is 17.7 Å². The number of hydrogen-bond donors (Lipinski definition) is 1. The van der Waals surface area contributed by atoms with Gasteiger partial charge in [-0.1, -0.05) is 12.1 Å². The van der Waals surface area contributed by atoms with Crippen LogP contribution in [0.3, 0.4) is 0 Å². The first-order chi connectivity index (χ1) is 7.66. The molecule has 0 bridgehead atoms. The molecular weight excluding hydrogens is 202 g/mol. The Hall–Kier alpha value is -1.64. The van der Waals surface area contributed by atoms with Crippen molar-refractivity contribution in [1.29, 1.82) is 0 Å². The van der Waals surface area contributed by atoms with Crippen LogP contribution in [0.4, 0.5) is 0 Å². The molecule has 84 valence electrons. The van der Waals surface area contributed by atoms with E-state index in [4.69, 9.17) is 0 Å². The summed E-state index contributed by atoms with van der Waals surface area (Å²) in [6, 6.07) is 7.18. The van der Waals surface area contributed by atoms with E-state index in [1.54, 1.807) is 24.3 Å². The molecule has 16 heavy (non-hydrogen) atoms. The molecule has 0 heterocycles. The molecule has 2 rings (SSSR count). The molecule has 1 aromatic rings. The topological polar surface area (TPSA) is 46.2 Å². The van der Waals surface area contributed by atoms with E-state index < -0.39 is 0 Å². The summed E-state index contributed by atoms with van der Waals surface area (Å²) in [5.41, 5.74) is 1.15. The Bertz CT molecular complexity index is 422. The monoisotopic (exact) mass is 217 g/mol. The number of carbonyl (C=O) groups excluding carboxylic acids is 2. The highest BCUT2D eigenvalue weighted by molar-refractivity contribution is 5.99. The molecule has 1 aliphatic rings. The van der Waals surface area contributed by atoms with E-state index in [-0.39, 0.29) is 11.7 Å². The molecule has 0 aliphatic heterocycles. The number of carbonyl (C=O) groups is 2. The third-order valence-corrected chi connectivity index (χ3v) is 2.97. The van der Waals surface area contributed by atoms with Crippen LogP contribution < -0.4 is 5.32 Å². The fourth-order valence-electron chi connectivity index (χ4n) is 1.70. The maximum Gasteiger partial charge on any atom is 0.251 e. The summed E-state index contributed by atoms with van der Waals surface area (Å²) < 4.78 is 0. The van der Waals surface area contributed by atoms with Gasteiger partial charge in [-0.3, -0.25) is 9.59 Å². The molecule has 0 aromatic heterocycles. The molecule has 1 aromatic carbocycles. The van der Waals surface area contributed by atoms with Gasteiger partial charge in [0, 0.05) is 17.2 Å². The minimum absolute atomic E-state index is 0.0155. The van der Waals surface area contributed by atoms with E-state index >= 15 is 0 Å². The van der Waals surface area contributed by atoms with Crippen LogP contribution in [-0.2, 0) is 0 Å². The summed E-state index contributed by atoms with van der Waals surface area (Å²) in [7, 11) is 0. The second kappa shape index (κ2) is 4.47. The molecule has 3 heteroatoms.